The van der Waals surface area contributed by atoms with Crippen LogP contribution in [0, 0.1) is 34.5 Å². The van der Waals surface area contributed by atoms with Crippen molar-refractivity contribution in [3.8, 4) is 0 Å². The molecule has 0 saturated heterocycles. The molecule has 0 amide bonds. The molecule has 5 rings (SSSR count). The third-order valence-corrected chi connectivity index (χ3v) is 10.3. The third kappa shape index (κ3) is 3.47. The molecule has 3 fully saturated rings. The Bertz CT molecular complexity index is 902. The number of hydrogen-bond donors (Lipinski definition) is 1. The van der Waals surface area contributed by atoms with Crippen LogP contribution in [0.25, 0.3) is 0 Å². The molecule has 174 valence electrons. The van der Waals surface area contributed by atoms with Gasteiger partial charge in [-0.25, -0.2) is 4.79 Å². The average molecular weight is 437 g/mol. The van der Waals surface area contributed by atoms with Crippen molar-refractivity contribution in [3.63, 3.8) is 0 Å². The van der Waals surface area contributed by atoms with E-state index in [1.165, 1.54) is 24.8 Å². The normalized spacial score (nSPS) is 44.0. The fraction of sp³-hybridized carbons (Fsp3) is 0.690. The first-order valence-corrected chi connectivity index (χ1v) is 12.8. The fourth-order valence-electron chi connectivity index (χ4n) is 8.51. The zero-order valence-corrected chi connectivity index (χ0v) is 20.3. The van der Waals surface area contributed by atoms with Gasteiger partial charge in [0.15, 0.2) is 0 Å². The van der Waals surface area contributed by atoms with E-state index in [0.717, 1.165) is 43.9 Å². The molecule has 0 bridgehead atoms. The summed E-state index contributed by atoms with van der Waals surface area (Å²) in [7, 11) is 0. The van der Waals surface area contributed by atoms with E-state index in [1.807, 2.05) is 37.3 Å². The SMILES string of the molecule is C[C@@H](OC(=O)c1ccccc1)[C@H]1CC[C@H]2[C@@H]3CC=C4C[C@@](C)(O)CC[C@]4(C)[C@H]3CC[C@]12C. The number of aliphatic hydroxyl groups is 1. The molecule has 0 radical (unpaired) electrons. The van der Waals surface area contributed by atoms with Crippen LogP contribution >= 0.6 is 0 Å². The molecule has 1 N–H and O–H groups in total. The zero-order valence-electron chi connectivity index (χ0n) is 20.3. The summed E-state index contributed by atoms with van der Waals surface area (Å²) < 4.78 is 6.02. The standard InChI is InChI=1S/C29H40O3/c1-19(32-26(30)20-8-6-5-7-9-20)23-12-13-24-22-11-10-21-18-27(2,31)16-17-28(21,3)25(22)14-15-29(23,24)4/h5-10,19,22-25,31H,11-18H2,1-4H3/t19-,22+,23-,24+,25+,27+,28+,29-/m1/s1. The number of benzene rings is 1. The van der Waals surface area contributed by atoms with Crippen molar-refractivity contribution in [2.24, 2.45) is 34.5 Å². The summed E-state index contributed by atoms with van der Waals surface area (Å²) in [6, 6.07) is 9.40. The van der Waals surface area contributed by atoms with Crippen molar-refractivity contribution in [2.75, 3.05) is 0 Å². The number of carbonyl (C=O) groups is 1. The fourth-order valence-corrected chi connectivity index (χ4v) is 8.51. The van der Waals surface area contributed by atoms with E-state index >= 15 is 0 Å². The number of hydrogen-bond acceptors (Lipinski definition) is 3. The van der Waals surface area contributed by atoms with Crippen LogP contribution in [0.1, 0.15) is 89.4 Å². The number of ether oxygens (including phenoxy) is 1. The number of esters is 1. The highest BCUT2D eigenvalue weighted by Crippen LogP contribution is 2.67. The first-order valence-electron chi connectivity index (χ1n) is 12.8. The molecular weight excluding hydrogens is 396 g/mol. The smallest absolute Gasteiger partial charge is 0.338 e. The van der Waals surface area contributed by atoms with Crippen molar-refractivity contribution in [1.29, 1.82) is 0 Å². The minimum absolute atomic E-state index is 0.0516. The maximum absolute atomic E-state index is 12.7. The maximum Gasteiger partial charge on any atom is 0.338 e. The molecular formula is C29H40O3. The molecule has 0 heterocycles. The highest BCUT2D eigenvalue weighted by atomic mass is 16.5. The van der Waals surface area contributed by atoms with Gasteiger partial charge < -0.3 is 9.84 Å². The Kier molecular flexibility index (Phi) is 5.36. The molecule has 0 aliphatic heterocycles. The molecule has 0 unspecified atom stereocenters. The molecule has 32 heavy (non-hydrogen) atoms. The van der Waals surface area contributed by atoms with Crippen LogP contribution in [0.3, 0.4) is 0 Å². The summed E-state index contributed by atoms with van der Waals surface area (Å²) in [5.74, 6) is 2.42. The van der Waals surface area contributed by atoms with Gasteiger partial charge in [-0.15, -0.1) is 0 Å². The molecule has 1 aromatic carbocycles. The van der Waals surface area contributed by atoms with Gasteiger partial charge in [0.05, 0.1) is 11.2 Å². The zero-order chi connectivity index (χ0) is 22.7. The summed E-state index contributed by atoms with van der Waals surface area (Å²) >= 11 is 0. The second-order valence-corrected chi connectivity index (χ2v) is 12.1. The third-order valence-electron chi connectivity index (χ3n) is 10.3. The Hall–Kier alpha value is -1.61. The van der Waals surface area contributed by atoms with Gasteiger partial charge in [0, 0.05) is 5.92 Å². The molecule has 0 spiro atoms. The lowest BCUT2D eigenvalue weighted by Gasteiger charge is -2.59. The van der Waals surface area contributed by atoms with E-state index < -0.39 is 5.60 Å². The summed E-state index contributed by atoms with van der Waals surface area (Å²) in [4.78, 5) is 12.7. The lowest BCUT2D eigenvalue weighted by Crippen LogP contribution is -2.52. The first-order chi connectivity index (χ1) is 15.1. The molecule has 0 aromatic heterocycles. The Morgan fingerprint density at radius 1 is 1.03 bits per heavy atom. The number of fused-ring (bicyclic) bond motifs is 5. The van der Waals surface area contributed by atoms with Gasteiger partial charge >= 0.3 is 5.97 Å². The van der Waals surface area contributed by atoms with Gasteiger partial charge in [0.25, 0.3) is 0 Å². The Morgan fingerprint density at radius 2 is 1.78 bits per heavy atom. The van der Waals surface area contributed by atoms with E-state index in [9.17, 15) is 9.90 Å². The van der Waals surface area contributed by atoms with Gasteiger partial charge in [-0.1, -0.05) is 43.7 Å². The van der Waals surface area contributed by atoms with E-state index in [1.54, 1.807) is 0 Å². The van der Waals surface area contributed by atoms with Crippen LogP contribution < -0.4 is 0 Å². The van der Waals surface area contributed by atoms with E-state index in [-0.39, 0.29) is 22.9 Å². The van der Waals surface area contributed by atoms with Crippen LogP contribution in [-0.4, -0.2) is 22.8 Å². The molecule has 8 atom stereocenters. The predicted octanol–water partition coefficient (Wildman–Crippen LogP) is 6.56. The Balaban J connectivity index is 1.34. The predicted molar refractivity (Wildman–Crippen MR) is 127 cm³/mol. The van der Waals surface area contributed by atoms with Gasteiger partial charge in [-0.3, -0.25) is 0 Å². The molecule has 1 aromatic rings. The highest BCUT2D eigenvalue weighted by molar-refractivity contribution is 5.89. The van der Waals surface area contributed by atoms with Gasteiger partial charge in [-0.05, 0) is 106 Å². The summed E-state index contributed by atoms with van der Waals surface area (Å²) in [5, 5.41) is 10.7. The second-order valence-electron chi connectivity index (χ2n) is 12.1. The maximum atomic E-state index is 12.7. The van der Waals surface area contributed by atoms with Crippen molar-refractivity contribution in [2.45, 2.75) is 90.8 Å². The van der Waals surface area contributed by atoms with E-state index in [0.29, 0.717) is 17.4 Å². The minimum atomic E-state index is -0.530. The van der Waals surface area contributed by atoms with Crippen molar-refractivity contribution in [3.05, 3.63) is 47.5 Å². The average Bonchev–Trinajstić information content (AvgIpc) is 3.12. The summed E-state index contributed by atoms with van der Waals surface area (Å²) in [6.07, 6.45) is 11.4. The van der Waals surface area contributed by atoms with Crippen molar-refractivity contribution >= 4 is 5.97 Å². The quantitative estimate of drug-likeness (QED) is 0.431. The number of carbonyl (C=O) groups excluding carboxylic acids is 1. The molecule has 3 heteroatoms. The highest BCUT2D eigenvalue weighted by Gasteiger charge is 2.60. The van der Waals surface area contributed by atoms with Crippen LogP contribution in [0.2, 0.25) is 0 Å². The molecule has 3 saturated carbocycles. The number of allylic oxidation sites excluding steroid dienone is 1. The lowest BCUT2D eigenvalue weighted by atomic mass is 9.46. The number of rotatable bonds is 3. The van der Waals surface area contributed by atoms with Gasteiger partial charge in [0.1, 0.15) is 6.10 Å². The van der Waals surface area contributed by atoms with Crippen LogP contribution in [-0.2, 0) is 4.74 Å². The van der Waals surface area contributed by atoms with Crippen LogP contribution in [0.4, 0.5) is 0 Å². The second kappa shape index (κ2) is 7.72. The first kappa shape index (κ1) is 22.2. The topological polar surface area (TPSA) is 46.5 Å². The van der Waals surface area contributed by atoms with Gasteiger partial charge in [-0.2, -0.15) is 0 Å². The largest absolute Gasteiger partial charge is 0.459 e. The Morgan fingerprint density at radius 3 is 2.53 bits per heavy atom. The van der Waals surface area contributed by atoms with E-state index in [4.69, 9.17) is 4.74 Å². The van der Waals surface area contributed by atoms with Crippen molar-refractivity contribution in [1.82, 2.24) is 0 Å². The van der Waals surface area contributed by atoms with Crippen LogP contribution in [0.5, 0.6) is 0 Å². The van der Waals surface area contributed by atoms with Crippen LogP contribution in [0.15, 0.2) is 42.0 Å². The van der Waals surface area contributed by atoms with Crippen molar-refractivity contribution < 1.29 is 14.6 Å². The molecule has 3 nitrogen and oxygen atoms in total. The lowest BCUT2D eigenvalue weighted by molar-refractivity contribution is -0.0804. The summed E-state index contributed by atoms with van der Waals surface area (Å²) in [6.45, 7) is 9.11. The monoisotopic (exact) mass is 436 g/mol. The van der Waals surface area contributed by atoms with Gasteiger partial charge in [0.2, 0.25) is 0 Å². The summed E-state index contributed by atoms with van der Waals surface area (Å²) in [5.41, 5.74) is 2.15. The minimum Gasteiger partial charge on any atom is -0.459 e. The van der Waals surface area contributed by atoms with E-state index in [2.05, 4.69) is 26.8 Å². The molecule has 4 aliphatic rings. The molecule has 4 aliphatic carbocycles. The Labute approximate surface area is 193 Å².